The minimum absolute atomic E-state index is 0.294. The van der Waals surface area contributed by atoms with Gasteiger partial charge in [-0.2, -0.15) is 0 Å². The lowest BCUT2D eigenvalue weighted by molar-refractivity contribution is -0.402. The number of nitrogen functional groups attached to an aromatic ring is 1. The van der Waals surface area contributed by atoms with Crippen molar-refractivity contribution in [1.82, 2.24) is 0 Å². The molecule has 0 amide bonds. The average molecular weight is 232 g/mol. The molecule has 0 spiro atoms. The summed E-state index contributed by atoms with van der Waals surface area (Å²) in [5.41, 5.74) is 6.90. The molecule has 1 aromatic carbocycles. The van der Waals surface area contributed by atoms with E-state index in [0.29, 0.717) is 16.6 Å². The highest BCUT2D eigenvalue weighted by molar-refractivity contribution is 6.31. The summed E-state index contributed by atoms with van der Waals surface area (Å²) in [6.07, 6.45) is 0. The van der Waals surface area contributed by atoms with Gasteiger partial charge in [-0.15, -0.1) is 0 Å². The highest BCUT2D eigenvalue weighted by Crippen LogP contribution is 2.17. The summed E-state index contributed by atoms with van der Waals surface area (Å²) in [5.74, 6) is 0. The number of H-pyrrole nitrogens is 1. The molecule has 80 valence electrons. The van der Waals surface area contributed by atoms with E-state index < -0.39 is 5.09 Å². The van der Waals surface area contributed by atoms with Crippen molar-refractivity contribution in [2.24, 2.45) is 0 Å². The van der Waals surface area contributed by atoms with Crippen LogP contribution in [-0.4, -0.2) is 5.09 Å². The lowest BCUT2D eigenvalue weighted by Crippen LogP contribution is -2.03. The molecule has 0 unspecified atom stereocenters. The first-order chi connectivity index (χ1) is 6.99. The van der Waals surface area contributed by atoms with Crippen LogP contribution in [0.5, 0.6) is 0 Å². The van der Waals surface area contributed by atoms with E-state index in [0.717, 1.165) is 5.52 Å². The van der Waals surface area contributed by atoms with Crippen molar-refractivity contribution in [3.63, 3.8) is 0 Å². The molecule has 2 aromatic rings. The summed E-state index contributed by atoms with van der Waals surface area (Å²) in [6, 6.07) is 5.57. The first-order valence-electron chi connectivity index (χ1n) is 3.67. The summed E-state index contributed by atoms with van der Waals surface area (Å²) < 4.78 is 5.09. The third kappa shape index (κ3) is 3.31. The van der Waals surface area contributed by atoms with Crippen molar-refractivity contribution in [3.8, 4) is 0 Å². The average Bonchev–Trinajstić information content (AvgIpc) is 2.42. The number of nitrogens with two attached hydrogens (primary N) is 1. The summed E-state index contributed by atoms with van der Waals surface area (Å²) in [4.78, 5) is 11.1. The molecule has 0 atom stereocenters. The maximum absolute atomic E-state index is 8.25. The van der Waals surface area contributed by atoms with Crippen LogP contribution in [0, 0.1) is 15.3 Å². The van der Waals surface area contributed by atoms with Crippen LogP contribution in [-0.2, 0) is 0 Å². The molecule has 0 radical (unpaired) electrons. The number of hydrogen-bond acceptors (Lipinski definition) is 5. The van der Waals surface area contributed by atoms with Gasteiger partial charge in [-0.3, -0.25) is 5.73 Å². The number of fused-ring (bicyclic) bond motifs is 1. The van der Waals surface area contributed by atoms with Crippen molar-refractivity contribution in [1.29, 1.82) is 0 Å². The van der Waals surface area contributed by atoms with Crippen LogP contribution < -0.4 is 10.7 Å². The van der Waals surface area contributed by atoms with Gasteiger partial charge in [-0.1, -0.05) is 11.6 Å². The molecule has 8 heteroatoms. The number of halogens is 1. The lowest BCUT2D eigenvalue weighted by atomic mass is 10.3. The molecular formula is C7H6ClN3O4. The summed E-state index contributed by atoms with van der Waals surface area (Å²) >= 11 is 5.73. The Morgan fingerprint density at radius 3 is 2.67 bits per heavy atom. The van der Waals surface area contributed by atoms with E-state index in [9.17, 15) is 0 Å². The third-order valence-corrected chi connectivity index (χ3v) is 1.65. The molecule has 1 heterocycles. The van der Waals surface area contributed by atoms with Gasteiger partial charge < -0.3 is 19.7 Å². The van der Waals surface area contributed by atoms with Crippen LogP contribution in [0.25, 0.3) is 11.1 Å². The Labute approximate surface area is 88.2 Å². The molecule has 0 fully saturated rings. The number of hydrogen-bond donors (Lipinski definition) is 1. The number of rotatable bonds is 0. The minimum atomic E-state index is -1.75. The summed E-state index contributed by atoms with van der Waals surface area (Å²) in [6.45, 7) is 0. The zero-order valence-corrected chi connectivity index (χ0v) is 8.02. The van der Waals surface area contributed by atoms with E-state index in [1.165, 1.54) is 0 Å². The number of nitrogens with zero attached hydrogens (tertiary/aromatic N) is 1. The number of aromatic nitrogens is 1. The monoisotopic (exact) mass is 231 g/mol. The van der Waals surface area contributed by atoms with Crippen molar-refractivity contribution in [2.75, 3.05) is 5.73 Å². The Balaban J connectivity index is 0.000000245. The fourth-order valence-electron chi connectivity index (χ4n) is 0.966. The van der Waals surface area contributed by atoms with Gasteiger partial charge in [-0.25, -0.2) is 4.98 Å². The van der Waals surface area contributed by atoms with Crippen LogP contribution in [0.1, 0.15) is 0 Å². The van der Waals surface area contributed by atoms with Crippen molar-refractivity contribution >= 4 is 28.7 Å². The maximum atomic E-state index is 8.25. The number of aromatic amines is 1. The predicted octanol–water partition coefficient (Wildman–Crippen LogP) is 1.24. The first kappa shape index (κ1) is 11.1. The van der Waals surface area contributed by atoms with Crippen molar-refractivity contribution in [3.05, 3.63) is 38.5 Å². The summed E-state index contributed by atoms with van der Waals surface area (Å²) in [7, 11) is 0. The first-order valence-corrected chi connectivity index (χ1v) is 4.05. The fraction of sp³-hybridized carbons (Fsp3) is 0. The molecule has 7 nitrogen and oxygen atoms in total. The Morgan fingerprint density at radius 1 is 1.47 bits per heavy atom. The lowest BCUT2D eigenvalue weighted by Gasteiger charge is -1.83. The SMILES string of the molecule is Nc1[nH+]c2cc(Cl)ccc2o1.O=[N+]([O-])[O-]. The molecule has 0 saturated heterocycles. The van der Waals surface area contributed by atoms with Gasteiger partial charge in [0.25, 0.3) is 0 Å². The molecule has 3 N–H and O–H groups in total. The summed E-state index contributed by atoms with van der Waals surface area (Å²) in [5, 5.41) is 15.4. The van der Waals surface area contributed by atoms with Crippen LogP contribution in [0.2, 0.25) is 5.02 Å². The Morgan fingerprint density at radius 2 is 2.07 bits per heavy atom. The number of anilines is 1. The molecule has 0 saturated carbocycles. The minimum Gasteiger partial charge on any atom is -0.388 e. The molecule has 0 aliphatic rings. The second-order valence-corrected chi connectivity index (χ2v) is 2.89. The van der Waals surface area contributed by atoms with Crippen molar-refractivity contribution in [2.45, 2.75) is 0 Å². The number of benzene rings is 1. The van der Waals surface area contributed by atoms with E-state index in [1.807, 2.05) is 0 Å². The molecule has 0 aliphatic carbocycles. The molecule has 0 aliphatic heterocycles. The van der Waals surface area contributed by atoms with E-state index in [2.05, 4.69) is 4.98 Å². The highest BCUT2D eigenvalue weighted by Gasteiger charge is 2.05. The van der Waals surface area contributed by atoms with Gasteiger partial charge in [0.15, 0.2) is 11.1 Å². The quantitative estimate of drug-likeness (QED) is 0.540. The second-order valence-electron chi connectivity index (χ2n) is 2.46. The zero-order chi connectivity index (χ0) is 11.4. The van der Waals surface area contributed by atoms with Crippen LogP contribution >= 0.6 is 11.6 Å². The van der Waals surface area contributed by atoms with Crippen LogP contribution in [0.4, 0.5) is 6.01 Å². The fourth-order valence-corrected chi connectivity index (χ4v) is 1.14. The van der Waals surface area contributed by atoms with E-state index in [1.54, 1.807) is 18.2 Å². The van der Waals surface area contributed by atoms with Crippen LogP contribution in [0.15, 0.2) is 22.6 Å². The standard InChI is InChI=1S/C7H5ClN2O.NO3/c8-4-1-2-6-5(3-4)10-7(9)11-6;2-1(3)4/h1-3H,(H2,9,10);/q;-1/p+1. The predicted molar refractivity (Wildman–Crippen MR) is 52.6 cm³/mol. The van der Waals surface area contributed by atoms with E-state index >= 15 is 0 Å². The Kier molecular flexibility index (Phi) is 3.29. The van der Waals surface area contributed by atoms with Crippen LogP contribution in [0.3, 0.4) is 0 Å². The molecule has 2 rings (SSSR count). The third-order valence-electron chi connectivity index (χ3n) is 1.42. The molecular weight excluding hydrogens is 226 g/mol. The smallest absolute Gasteiger partial charge is 0.388 e. The van der Waals surface area contributed by atoms with Gasteiger partial charge in [0, 0.05) is 11.1 Å². The van der Waals surface area contributed by atoms with Crippen molar-refractivity contribution < 1.29 is 14.5 Å². The zero-order valence-electron chi connectivity index (χ0n) is 7.27. The molecule has 15 heavy (non-hydrogen) atoms. The largest absolute Gasteiger partial charge is 0.450 e. The molecule has 1 aromatic heterocycles. The second kappa shape index (κ2) is 4.47. The van der Waals surface area contributed by atoms with Gasteiger partial charge in [0.05, 0.1) is 5.09 Å². The topological polar surface area (TPSA) is 120 Å². The number of nitrogens with one attached hydrogen (secondary N) is 1. The highest BCUT2D eigenvalue weighted by atomic mass is 35.5. The normalized spacial score (nSPS) is 9.40. The van der Waals surface area contributed by atoms with Gasteiger partial charge in [0.1, 0.15) is 0 Å². The maximum Gasteiger partial charge on any atom is 0.450 e. The van der Waals surface area contributed by atoms with E-state index in [4.69, 9.17) is 37.1 Å². The van der Waals surface area contributed by atoms with Gasteiger partial charge in [0.2, 0.25) is 0 Å². The van der Waals surface area contributed by atoms with E-state index in [-0.39, 0.29) is 0 Å². The van der Waals surface area contributed by atoms with Gasteiger partial charge in [-0.05, 0) is 12.1 Å². The molecule has 0 bridgehead atoms. The Hall–Kier alpha value is -2.02. The van der Waals surface area contributed by atoms with Gasteiger partial charge >= 0.3 is 6.01 Å². The number of oxazole rings is 1. The Bertz CT molecular complexity index is 480.